The lowest BCUT2D eigenvalue weighted by Gasteiger charge is -2.08. The standard InChI is InChI=1S/C24H40O7S/c1-2-3-4-5-6-7-8-9-13-16-24(25)30-21-19-28-17-18-29-20-22-31-32(26,27)23-14-11-10-12-15-23/h10-12,14-15H,2-9,13,16-22H2,1H3. The fourth-order valence-corrected chi connectivity index (χ4v) is 3.96. The largest absolute Gasteiger partial charge is 0.463 e. The molecule has 0 aliphatic heterocycles. The average molecular weight is 473 g/mol. The smallest absolute Gasteiger partial charge is 0.305 e. The van der Waals surface area contributed by atoms with Crippen LogP contribution in [0.3, 0.4) is 0 Å². The molecule has 0 radical (unpaired) electrons. The third kappa shape index (κ3) is 15.3. The van der Waals surface area contributed by atoms with E-state index in [0.717, 1.165) is 12.8 Å². The minimum atomic E-state index is -3.75. The molecule has 8 heteroatoms. The molecule has 32 heavy (non-hydrogen) atoms. The van der Waals surface area contributed by atoms with Gasteiger partial charge in [-0.15, -0.1) is 0 Å². The maximum atomic E-state index is 11.9. The Bertz CT molecular complexity index is 677. The van der Waals surface area contributed by atoms with E-state index in [9.17, 15) is 13.2 Å². The van der Waals surface area contributed by atoms with Crippen molar-refractivity contribution in [2.75, 3.05) is 39.6 Å². The molecule has 0 aliphatic carbocycles. The van der Waals surface area contributed by atoms with Gasteiger partial charge in [-0.05, 0) is 18.6 Å². The van der Waals surface area contributed by atoms with Gasteiger partial charge >= 0.3 is 5.97 Å². The monoisotopic (exact) mass is 472 g/mol. The van der Waals surface area contributed by atoms with Gasteiger partial charge in [0.05, 0.1) is 37.9 Å². The summed E-state index contributed by atoms with van der Waals surface area (Å²) in [5.41, 5.74) is 0. The van der Waals surface area contributed by atoms with E-state index in [4.69, 9.17) is 18.4 Å². The van der Waals surface area contributed by atoms with Gasteiger partial charge in [0.25, 0.3) is 10.1 Å². The van der Waals surface area contributed by atoms with Gasteiger partial charge in [0.2, 0.25) is 0 Å². The maximum Gasteiger partial charge on any atom is 0.305 e. The van der Waals surface area contributed by atoms with E-state index in [1.807, 2.05) is 0 Å². The number of carbonyl (C=O) groups excluding carboxylic acids is 1. The molecule has 0 aromatic heterocycles. The number of ether oxygens (including phenoxy) is 3. The second kappa shape index (κ2) is 19.0. The molecule has 0 atom stereocenters. The molecule has 0 amide bonds. The molecular weight excluding hydrogens is 432 g/mol. The number of carbonyl (C=O) groups is 1. The van der Waals surface area contributed by atoms with Crippen LogP contribution in [0.2, 0.25) is 0 Å². The van der Waals surface area contributed by atoms with Gasteiger partial charge in [0.1, 0.15) is 6.61 Å². The van der Waals surface area contributed by atoms with Gasteiger partial charge in [-0.2, -0.15) is 8.42 Å². The fourth-order valence-electron chi connectivity index (χ4n) is 3.05. The normalized spacial score (nSPS) is 11.5. The van der Waals surface area contributed by atoms with Crippen LogP contribution in [0.15, 0.2) is 35.2 Å². The van der Waals surface area contributed by atoms with Crippen LogP contribution in [0.4, 0.5) is 0 Å². The Kier molecular flexibility index (Phi) is 17.0. The predicted octanol–water partition coefficient (Wildman–Crippen LogP) is 4.89. The highest BCUT2D eigenvalue weighted by atomic mass is 32.2. The van der Waals surface area contributed by atoms with Crippen molar-refractivity contribution in [1.82, 2.24) is 0 Å². The summed E-state index contributed by atoms with van der Waals surface area (Å²) in [6, 6.07) is 7.97. The molecule has 0 heterocycles. The van der Waals surface area contributed by atoms with Gasteiger partial charge in [0.15, 0.2) is 0 Å². The van der Waals surface area contributed by atoms with E-state index in [-0.39, 0.29) is 30.7 Å². The van der Waals surface area contributed by atoms with Crippen LogP contribution in [0, 0.1) is 0 Å². The van der Waals surface area contributed by atoms with Crippen molar-refractivity contribution in [1.29, 1.82) is 0 Å². The summed E-state index contributed by atoms with van der Waals surface area (Å²) in [7, 11) is -3.75. The van der Waals surface area contributed by atoms with Crippen molar-refractivity contribution in [2.24, 2.45) is 0 Å². The van der Waals surface area contributed by atoms with E-state index >= 15 is 0 Å². The summed E-state index contributed by atoms with van der Waals surface area (Å²) in [6.45, 7) is 3.49. The quantitative estimate of drug-likeness (QED) is 0.143. The van der Waals surface area contributed by atoms with Crippen molar-refractivity contribution in [3.63, 3.8) is 0 Å². The van der Waals surface area contributed by atoms with Crippen molar-refractivity contribution in [3.05, 3.63) is 30.3 Å². The molecule has 0 aliphatic rings. The van der Waals surface area contributed by atoms with Crippen LogP contribution >= 0.6 is 0 Å². The highest BCUT2D eigenvalue weighted by Crippen LogP contribution is 2.11. The van der Waals surface area contributed by atoms with Crippen LogP contribution in [0.5, 0.6) is 0 Å². The Morgan fingerprint density at radius 2 is 1.25 bits per heavy atom. The van der Waals surface area contributed by atoms with Crippen LogP contribution < -0.4 is 0 Å². The molecular formula is C24H40O7S. The fraction of sp³-hybridized carbons (Fsp3) is 0.708. The molecule has 0 unspecified atom stereocenters. The first-order valence-electron chi connectivity index (χ1n) is 11.8. The van der Waals surface area contributed by atoms with E-state index in [2.05, 4.69) is 6.92 Å². The minimum absolute atomic E-state index is 0.0618. The third-order valence-electron chi connectivity index (χ3n) is 4.85. The number of hydrogen-bond donors (Lipinski definition) is 0. The van der Waals surface area contributed by atoms with Gasteiger partial charge in [-0.1, -0.05) is 76.5 Å². The first kappa shape index (κ1) is 28.6. The minimum Gasteiger partial charge on any atom is -0.463 e. The summed E-state index contributed by atoms with van der Waals surface area (Å²) in [5.74, 6) is -0.176. The van der Waals surface area contributed by atoms with Crippen molar-refractivity contribution < 1.29 is 31.6 Å². The van der Waals surface area contributed by atoms with Crippen molar-refractivity contribution in [3.8, 4) is 0 Å². The highest BCUT2D eigenvalue weighted by Gasteiger charge is 2.13. The molecule has 0 bridgehead atoms. The topological polar surface area (TPSA) is 88.1 Å². The van der Waals surface area contributed by atoms with Crippen LogP contribution in [-0.2, 0) is 33.3 Å². The van der Waals surface area contributed by atoms with Crippen molar-refractivity contribution >= 4 is 16.1 Å². The Balaban J connectivity index is 1.85. The first-order valence-corrected chi connectivity index (χ1v) is 13.2. The molecule has 1 aromatic rings. The zero-order valence-corrected chi connectivity index (χ0v) is 20.3. The molecule has 1 aromatic carbocycles. The second-order valence-electron chi connectivity index (χ2n) is 7.61. The zero-order chi connectivity index (χ0) is 23.3. The molecule has 0 spiro atoms. The SMILES string of the molecule is CCCCCCCCCCCC(=O)OCCOCCOCCOS(=O)(=O)c1ccccc1. The summed E-state index contributed by atoms with van der Waals surface area (Å²) >= 11 is 0. The molecule has 184 valence electrons. The van der Waals surface area contributed by atoms with Gasteiger partial charge in [-0.3, -0.25) is 8.98 Å². The Morgan fingerprint density at radius 3 is 1.88 bits per heavy atom. The summed E-state index contributed by atoms with van der Waals surface area (Å²) in [4.78, 5) is 11.8. The molecule has 0 saturated carbocycles. The lowest BCUT2D eigenvalue weighted by atomic mass is 10.1. The average Bonchev–Trinajstić information content (AvgIpc) is 2.79. The van der Waals surface area contributed by atoms with Gasteiger partial charge in [-0.25, -0.2) is 0 Å². The van der Waals surface area contributed by atoms with E-state index in [1.165, 1.54) is 57.1 Å². The predicted molar refractivity (Wildman–Crippen MR) is 124 cm³/mol. The van der Waals surface area contributed by atoms with Crippen LogP contribution in [-0.4, -0.2) is 54.0 Å². The van der Waals surface area contributed by atoms with E-state index < -0.39 is 10.1 Å². The Labute approximate surface area is 193 Å². The number of rotatable bonds is 21. The number of unbranched alkanes of at least 4 members (excludes halogenated alkanes) is 8. The zero-order valence-electron chi connectivity index (χ0n) is 19.5. The summed E-state index contributed by atoms with van der Waals surface area (Å²) < 4.78 is 44.5. The second-order valence-corrected chi connectivity index (χ2v) is 9.23. The number of benzene rings is 1. The summed E-state index contributed by atoms with van der Waals surface area (Å²) in [6.07, 6.45) is 11.4. The van der Waals surface area contributed by atoms with Gasteiger partial charge in [0, 0.05) is 6.42 Å². The third-order valence-corrected chi connectivity index (χ3v) is 6.17. The van der Waals surface area contributed by atoms with E-state index in [1.54, 1.807) is 18.2 Å². The molecule has 0 fully saturated rings. The molecule has 1 rings (SSSR count). The van der Waals surface area contributed by atoms with E-state index in [0.29, 0.717) is 26.2 Å². The number of esters is 1. The molecule has 0 N–H and O–H groups in total. The van der Waals surface area contributed by atoms with Crippen LogP contribution in [0.25, 0.3) is 0 Å². The maximum absolute atomic E-state index is 11.9. The molecule has 7 nitrogen and oxygen atoms in total. The van der Waals surface area contributed by atoms with Gasteiger partial charge < -0.3 is 14.2 Å². The lowest BCUT2D eigenvalue weighted by Crippen LogP contribution is -2.15. The Morgan fingerprint density at radius 1 is 0.719 bits per heavy atom. The molecule has 0 saturated heterocycles. The highest BCUT2D eigenvalue weighted by molar-refractivity contribution is 7.86. The lowest BCUT2D eigenvalue weighted by molar-refractivity contribution is -0.145. The first-order chi connectivity index (χ1) is 15.6. The number of hydrogen-bond acceptors (Lipinski definition) is 7. The summed E-state index contributed by atoms with van der Waals surface area (Å²) in [5, 5.41) is 0. The van der Waals surface area contributed by atoms with Crippen molar-refractivity contribution in [2.45, 2.75) is 76.0 Å². The van der Waals surface area contributed by atoms with Crippen LogP contribution in [0.1, 0.15) is 71.1 Å². The Hall–Kier alpha value is -1.48.